The number of esters is 2. The lowest BCUT2D eigenvalue weighted by atomic mass is 10.0. The molecule has 0 aliphatic rings. The summed E-state index contributed by atoms with van der Waals surface area (Å²) in [6.07, 6.45) is 112. The molecule has 101 heavy (non-hydrogen) atoms. The first-order valence-electron chi connectivity index (χ1n) is 44.1. The van der Waals surface area contributed by atoms with E-state index in [1.807, 2.05) is 21.1 Å². The Kier molecular flexibility index (Phi) is 79.5. The monoisotopic (exact) mass is 1440 g/mol. The number of hydrogen-bond donors (Lipinski definition) is 0. The average molecular weight is 1440 g/mol. The average Bonchev–Trinajstić information content (AvgIpc) is 0.958. The highest BCUT2D eigenvalue weighted by Gasteiger charge is 2.22. The minimum absolute atomic E-state index is 0.0292. The van der Waals surface area contributed by atoms with Crippen molar-refractivity contribution < 1.29 is 42.1 Å². The van der Waals surface area contributed by atoms with Crippen LogP contribution in [0, 0.1) is 0 Å². The third-order valence-electron chi connectivity index (χ3n) is 20.0. The van der Waals surface area contributed by atoms with E-state index < -0.39 is 26.5 Å². The molecule has 0 aromatic carbocycles. The van der Waals surface area contributed by atoms with Crippen molar-refractivity contribution in [3.63, 3.8) is 0 Å². The second kappa shape index (κ2) is 81.5. The van der Waals surface area contributed by atoms with Gasteiger partial charge in [0, 0.05) is 12.8 Å². The van der Waals surface area contributed by atoms with Crippen molar-refractivity contribution in [1.82, 2.24) is 0 Å². The molecule has 0 aromatic rings. The fourth-order valence-electron chi connectivity index (χ4n) is 13.3. The Hall–Kier alpha value is -2.55. The smallest absolute Gasteiger partial charge is 0.306 e. The fourth-order valence-corrected chi connectivity index (χ4v) is 14.0. The quantitative estimate of drug-likeness (QED) is 0.0195. The molecule has 592 valence electrons. The minimum Gasteiger partial charge on any atom is -0.756 e. The van der Waals surface area contributed by atoms with Gasteiger partial charge in [-0.25, -0.2) is 0 Å². The lowest BCUT2D eigenvalue weighted by Crippen LogP contribution is -2.37. The first kappa shape index (κ1) is 98.5. The van der Waals surface area contributed by atoms with Gasteiger partial charge in [-0.15, -0.1) is 0 Å². The van der Waals surface area contributed by atoms with E-state index >= 15 is 0 Å². The minimum atomic E-state index is -4.65. The molecule has 0 heterocycles. The Morgan fingerprint density at radius 3 is 0.842 bits per heavy atom. The molecule has 0 bridgehead atoms. The maximum absolute atomic E-state index is 12.9. The van der Waals surface area contributed by atoms with Gasteiger partial charge in [-0.2, -0.15) is 0 Å². The summed E-state index contributed by atoms with van der Waals surface area (Å²) in [4.78, 5) is 38.3. The van der Waals surface area contributed by atoms with E-state index in [0.29, 0.717) is 17.4 Å². The number of unbranched alkanes of at least 4 members (excludes halogenated alkanes) is 57. The number of quaternary nitrogens is 1. The second-order valence-corrected chi connectivity index (χ2v) is 32.7. The van der Waals surface area contributed by atoms with Crippen LogP contribution in [0.1, 0.15) is 444 Å². The van der Waals surface area contributed by atoms with Crippen LogP contribution in [0.25, 0.3) is 0 Å². The molecule has 0 amide bonds. The van der Waals surface area contributed by atoms with E-state index in [1.54, 1.807) is 0 Å². The SMILES string of the molecule is CC/C=C\C/C=C\C/C=C\C/C=C\C/C=C\C/C=C\CCCCCCCCCCCCCCCCCCCCC(=O)OC(COC(=O)CCCCCCCCCCCCCCCCCCCCCCCCCCCCCCCCCCCCCCCCCC)COP(=O)([O-])OCC[N+](C)(C)C. The zero-order chi connectivity index (χ0) is 73.3. The van der Waals surface area contributed by atoms with Crippen LogP contribution in [0.2, 0.25) is 0 Å². The number of allylic oxidation sites excluding steroid dienone is 12. The highest BCUT2D eigenvalue weighted by molar-refractivity contribution is 7.45. The highest BCUT2D eigenvalue weighted by Crippen LogP contribution is 2.38. The van der Waals surface area contributed by atoms with Crippen molar-refractivity contribution in [3.8, 4) is 0 Å². The van der Waals surface area contributed by atoms with Gasteiger partial charge in [-0.3, -0.25) is 14.2 Å². The summed E-state index contributed by atoms with van der Waals surface area (Å²) >= 11 is 0. The van der Waals surface area contributed by atoms with Gasteiger partial charge in [0.25, 0.3) is 7.82 Å². The Bertz CT molecular complexity index is 1940. The van der Waals surface area contributed by atoms with Crippen LogP contribution in [-0.4, -0.2) is 70.0 Å². The summed E-state index contributed by atoms with van der Waals surface area (Å²) in [7, 11) is 1.19. The topological polar surface area (TPSA) is 111 Å². The summed E-state index contributed by atoms with van der Waals surface area (Å²) < 4.78 is 34.5. The predicted molar refractivity (Wildman–Crippen MR) is 439 cm³/mol. The van der Waals surface area contributed by atoms with E-state index in [4.69, 9.17) is 18.5 Å². The second-order valence-electron chi connectivity index (χ2n) is 31.2. The Morgan fingerprint density at radius 1 is 0.317 bits per heavy atom. The third-order valence-corrected chi connectivity index (χ3v) is 21.0. The molecule has 0 spiro atoms. The van der Waals surface area contributed by atoms with Gasteiger partial charge in [-0.05, 0) is 64.2 Å². The number of phosphoric ester groups is 1. The van der Waals surface area contributed by atoms with Gasteiger partial charge >= 0.3 is 11.9 Å². The first-order valence-corrected chi connectivity index (χ1v) is 45.6. The van der Waals surface area contributed by atoms with Crippen LogP contribution in [0.5, 0.6) is 0 Å². The number of rotatable bonds is 83. The van der Waals surface area contributed by atoms with E-state index in [0.717, 1.165) is 77.0 Å². The zero-order valence-corrected chi connectivity index (χ0v) is 68.8. The van der Waals surface area contributed by atoms with Gasteiger partial charge in [-0.1, -0.05) is 440 Å². The number of hydrogen-bond acceptors (Lipinski definition) is 8. The maximum Gasteiger partial charge on any atom is 0.306 e. The Balaban J connectivity index is 3.86. The normalized spacial score (nSPS) is 13.3. The molecule has 0 radical (unpaired) electrons. The highest BCUT2D eigenvalue weighted by atomic mass is 31.2. The molecule has 0 aromatic heterocycles. The molecule has 0 saturated heterocycles. The van der Waals surface area contributed by atoms with Crippen LogP contribution >= 0.6 is 7.82 Å². The summed E-state index contributed by atoms with van der Waals surface area (Å²) in [6.45, 7) is 4.20. The van der Waals surface area contributed by atoms with Crippen LogP contribution in [0.3, 0.4) is 0 Å². The lowest BCUT2D eigenvalue weighted by molar-refractivity contribution is -0.870. The molecule has 0 rings (SSSR count). The van der Waals surface area contributed by atoms with Crippen LogP contribution in [0.15, 0.2) is 72.9 Å². The van der Waals surface area contributed by atoms with Crippen molar-refractivity contribution in [3.05, 3.63) is 72.9 Å². The molecule has 2 atom stereocenters. The van der Waals surface area contributed by atoms with Crippen LogP contribution in [-0.2, 0) is 32.7 Å². The molecule has 0 saturated carbocycles. The molecule has 10 heteroatoms. The van der Waals surface area contributed by atoms with Crippen LogP contribution in [0.4, 0.5) is 0 Å². The summed E-state index contributed by atoms with van der Waals surface area (Å²) in [5.41, 5.74) is 0. The summed E-state index contributed by atoms with van der Waals surface area (Å²) in [5.74, 6) is -0.810. The van der Waals surface area contributed by atoms with Gasteiger partial charge in [0.1, 0.15) is 19.8 Å². The largest absolute Gasteiger partial charge is 0.756 e. The van der Waals surface area contributed by atoms with E-state index in [2.05, 4.69) is 86.8 Å². The van der Waals surface area contributed by atoms with Crippen LogP contribution < -0.4 is 4.89 Å². The molecule has 0 N–H and O–H groups in total. The number of carbonyl (C=O) groups is 2. The standard InChI is InChI=1S/C91H170NO8P/c1-6-8-10-12-14-16-18-20-22-24-26-28-30-32-34-36-38-40-42-44-45-46-48-49-51-53-55-57-59-61-63-65-67-69-71-73-75-77-79-81-83-90(93)97-87-89(88-99-101(95,96)98-86-85-92(3,4)5)100-91(94)84-82-80-78-76-74-72-70-68-66-64-62-60-58-56-54-52-50-47-43-41-39-37-35-33-31-29-27-25-23-21-19-17-15-13-11-9-7-2/h9,11,15,17,21,23,27,29,33,35,39,41,89H,6-8,10,12-14,16,18-20,22,24-26,28,30-32,34,36-38,40,42-88H2,1-5H3/b11-9-,17-15-,23-21-,29-27-,35-33-,41-39-. The summed E-state index contributed by atoms with van der Waals surface area (Å²) in [5, 5.41) is 0. The molecule has 0 aliphatic heterocycles. The summed E-state index contributed by atoms with van der Waals surface area (Å²) in [6, 6.07) is 0. The van der Waals surface area contributed by atoms with Gasteiger partial charge < -0.3 is 27.9 Å². The number of likely N-dealkylation sites (N-methyl/N-ethyl adjacent to an activating group) is 1. The molecular weight excluding hydrogens is 1270 g/mol. The van der Waals surface area contributed by atoms with Gasteiger partial charge in [0.05, 0.1) is 27.7 Å². The van der Waals surface area contributed by atoms with E-state index in [9.17, 15) is 19.0 Å². The van der Waals surface area contributed by atoms with Crippen molar-refractivity contribution in [2.75, 3.05) is 47.5 Å². The number of nitrogens with zero attached hydrogens (tertiary/aromatic N) is 1. The van der Waals surface area contributed by atoms with E-state index in [-0.39, 0.29) is 32.0 Å². The molecule has 2 unspecified atom stereocenters. The van der Waals surface area contributed by atoms with Gasteiger partial charge in [0.2, 0.25) is 0 Å². The number of carbonyl (C=O) groups excluding carboxylic acids is 2. The number of phosphoric acid groups is 1. The van der Waals surface area contributed by atoms with Crippen molar-refractivity contribution in [1.29, 1.82) is 0 Å². The lowest BCUT2D eigenvalue weighted by Gasteiger charge is -2.28. The van der Waals surface area contributed by atoms with Crippen molar-refractivity contribution in [2.24, 2.45) is 0 Å². The number of ether oxygens (including phenoxy) is 2. The zero-order valence-electron chi connectivity index (χ0n) is 67.9. The molecule has 0 aliphatic carbocycles. The first-order chi connectivity index (χ1) is 49.5. The maximum atomic E-state index is 12.9. The van der Waals surface area contributed by atoms with E-state index in [1.165, 1.54) is 334 Å². The fraction of sp³-hybridized carbons (Fsp3) is 0.846. The van der Waals surface area contributed by atoms with Crippen molar-refractivity contribution >= 4 is 19.8 Å². The molecule has 9 nitrogen and oxygen atoms in total. The van der Waals surface area contributed by atoms with Crippen molar-refractivity contribution in [2.45, 2.75) is 450 Å². The Labute approximate surface area is 629 Å². The third kappa shape index (κ3) is 86.3. The molecular formula is C91H170NO8P. The molecule has 0 fully saturated rings. The van der Waals surface area contributed by atoms with Gasteiger partial charge in [0.15, 0.2) is 6.10 Å². The predicted octanol–water partition coefficient (Wildman–Crippen LogP) is 29.2. The Morgan fingerprint density at radius 2 is 0.564 bits per heavy atom.